The van der Waals surface area contributed by atoms with Crippen molar-refractivity contribution in [2.45, 2.75) is 107 Å². The summed E-state index contributed by atoms with van der Waals surface area (Å²) in [5.41, 5.74) is 11.2. The molecule has 4 aromatic rings. The van der Waals surface area contributed by atoms with Crippen LogP contribution in [0.1, 0.15) is 70.7 Å². The number of unbranched alkanes of at least 4 members (excludes halogenated alkanes) is 6. The van der Waals surface area contributed by atoms with Gasteiger partial charge in [-0.2, -0.15) is 4.98 Å². The molecule has 0 spiro atoms. The number of fused-ring (bicyclic) bond motifs is 5. The second-order valence-electron chi connectivity index (χ2n) is 13.4. The maximum absolute atomic E-state index is 16.3. The van der Waals surface area contributed by atoms with E-state index in [1.165, 1.54) is 28.1 Å². The molecule has 21 nitrogen and oxygen atoms in total. The molecule has 3 unspecified atom stereocenters. The predicted molar refractivity (Wildman–Crippen MR) is 202 cm³/mol. The molecule has 3 saturated heterocycles. The normalized spacial score (nSPS) is 32.5. The number of halogens is 1. The van der Waals surface area contributed by atoms with Crippen LogP contribution in [0.15, 0.2) is 23.8 Å². The molecule has 6 N–H and O–H groups in total. The van der Waals surface area contributed by atoms with Gasteiger partial charge < -0.3 is 35.1 Å². The van der Waals surface area contributed by atoms with Gasteiger partial charge in [0.2, 0.25) is 5.95 Å². The van der Waals surface area contributed by atoms with Crippen molar-refractivity contribution in [1.29, 1.82) is 0 Å². The third-order valence-corrected chi connectivity index (χ3v) is 12.7. The Morgan fingerprint density at radius 3 is 2.43 bits per heavy atom. The molecule has 7 heterocycles. The van der Waals surface area contributed by atoms with Crippen LogP contribution in [-0.2, 0) is 53.5 Å². The van der Waals surface area contributed by atoms with Crippen LogP contribution < -0.4 is 17.0 Å². The Labute approximate surface area is 328 Å². The van der Waals surface area contributed by atoms with Crippen LogP contribution in [0.4, 0.5) is 16.2 Å². The molecule has 2 bridgehead atoms. The van der Waals surface area contributed by atoms with Crippen molar-refractivity contribution < 1.29 is 50.9 Å². The van der Waals surface area contributed by atoms with Crippen molar-refractivity contribution in [2.24, 2.45) is 0 Å². The van der Waals surface area contributed by atoms with E-state index in [1.807, 2.05) is 0 Å². The fourth-order valence-electron chi connectivity index (χ4n) is 6.83. The van der Waals surface area contributed by atoms with Crippen LogP contribution in [0, 0.1) is 0 Å². The lowest BCUT2D eigenvalue weighted by Crippen LogP contribution is -2.39. The molecule has 7 rings (SSSR count). The third-order valence-electron chi connectivity index (χ3n) is 9.50. The van der Waals surface area contributed by atoms with Gasteiger partial charge in [0.15, 0.2) is 53.5 Å². The number of rotatable bonds is 11. The molecular weight excluding hydrogens is 821 g/mol. The lowest BCUT2D eigenvalue weighted by molar-refractivity contribution is -0.156. The van der Waals surface area contributed by atoms with Gasteiger partial charge in [0.25, 0.3) is 5.56 Å². The van der Waals surface area contributed by atoms with Crippen LogP contribution in [0.3, 0.4) is 0 Å². The summed E-state index contributed by atoms with van der Waals surface area (Å²) in [4.78, 5) is 60.3. The van der Waals surface area contributed by atoms with Crippen LogP contribution in [0.2, 0.25) is 0 Å². The summed E-state index contributed by atoms with van der Waals surface area (Å²) in [6.45, 7) is -8.03. The van der Waals surface area contributed by atoms with Gasteiger partial charge >= 0.3 is 19.5 Å². The Balaban J connectivity index is 1.18. The molecular formula is C30H41FN10O11P2S2. The van der Waals surface area contributed by atoms with Crippen molar-refractivity contribution in [3.63, 3.8) is 0 Å². The number of imidazole rings is 2. The topological polar surface area (TPSA) is 278 Å². The van der Waals surface area contributed by atoms with Gasteiger partial charge in [0.05, 0.1) is 25.9 Å². The summed E-state index contributed by atoms with van der Waals surface area (Å²) < 4.78 is 74.0. The van der Waals surface area contributed by atoms with Gasteiger partial charge in [-0.3, -0.25) is 37.3 Å². The maximum Gasteiger partial charge on any atom is 0.386 e. The number of nitrogens with two attached hydrogens (primary N) is 2. The van der Waals surface area contributed by atoms with Crippen molar-refractivity contribution >= 4 is 77.6 Å². The Morgan fingerprint density at radius 2 is 1.66 bits per heavy atom. The fraction of sp³-hybridized carbons (Fsp3) is 0.633. The first-order chi connectivity index (χ1) is 26.7. The van der Waals surface area contributed by atoms with Crippen molar-refractivity contribution in [2.75, 3.05) is 24.7 Å². The molecule has 0 radical (unpaired) electrons. The zero-order valence-electron chi connectivity index (χ0n) is 29.9. The summed E-state index contributed by atoms with van der Waals surface area (Å²) in [6, 6.07) is 0. The largest absolute Gasteiger partial charge is 0.456 e. The summed E-state index contributed by atoms with van der Waals surface area (Å²) in [6.07, 6.45) is -1.74. The van der Waals surface area contributed by atoms with E-state index in [0.29, 0.717) is 6.42 Å². The second-order valence-corrected chi connectivity index (χ2v) is 19.1. The summed E-state index contributed by atoms with van der Waals surface area (Å²) in [7, 11) is 0. The monoisotopic (exact) mass is 862 g/mol. The lowest BCUT2D eigenvalue weighted by atomic mass is 10.1. The Bertz CT molecular complexity index is 2220. The molecule has 3 aliphatic rings. The number of nitrogens with zero attached hydrogens (tertiary/aromatic N) is 7. The van der Waals surface area contributed by atoms with E-state index in [9.17, 15) is 19.0 Å². The zero-order chi connectivity index (χ0) is 39.8. The first-order valence-electron chi connectivity index (χ1n) is 17.9. The molecule has 0 saturated carbocycles. The van der Waals surface area contributed by atoms with Gasteiger partial charge in [-0.1, -0.05) is 57.7 Å². The summed E-state index contributed by atoms with van der Waals surface area (Å²) >= 11 is 9.56. The number of hydrogen-bond acceptors (Lipinski definition) is 18. The quantitative estimate of drug-likeness (QED) is 0.0625. The third kappa shape index (κ3) is 8.80. The van der Waals surface area contributed by atoms with Crippen molar-refractivity contribution in [3.05, 3.63) is 29.3 Å². The number of hydrogen-bond donors (Lipinski definition) is 5. The lowest BCUT2D eigenvalue weighted by Gasteiger charge is -2.28. The van der Waals surface area contributed by atoms with Crippen LogP contribution in [0.25, 0.3) is 22.3 Å². The van der Waals surface area contributed by atoms with Gasteiger partial charge in [-0.25, -0.2) is 28.9 Å². The van der Waals surface area contributed by atoms with E-state index >= 15 is 4.39 Å². The number of nitrogens with one attached hydrogen (secondary N) is 1. The van der Waals surface area contributed by atoms with Gasteiger partial charge in [0.1, 0.15) is 30.2 Å². The van der Waals surface area contributed by atoms with Gasteiger partial charge in [-0.15, -0.1) is 0 Å². The average Bonchev–Trinajstić information content (AvgIpc) is 3.91. The highest BCUT2D eigenvalue weighted by molar-refractivity contribution is 8.44. The number of alkyl halides is 1. The van der Waals surface area contributed by atoms with E-state index in [4.69, 9.17) is 55.6 Å². The molecule has 26 heteroatoms. The number of thiol groups is 1. The number of ether oxygens (including phenoxy) is 3. The van der Waals surface area contributed by atoms with Gasteiger partial charge in [-0.05, 0) is 18.2 Å². The van der Waals surface area contributed by atoms with E-state index in [-0.39, 0.29) is 40.5 Å². The minimum absolute atomic E-state index is 0.0409. The maximum atomic E-state index is 16.3. The first-order valence-corrected chi connectivity index (χ1v) is 23.1. The molecule has 4 aromatic heterocycles. The number of anilines is 2. The van der Waals surface area contributed by atoms with E-state index in [1.54, 1.807) is 0 Å². The molecule has 0 aromatic carbocycles. The van der Waals surface area contributed by atoms with Crippen molar-refractivity contribution in [3.8, 4) is 0 Å². The predicted octanol–water partition coefficient (Wildman–Crippen LogP) is 3.38. The number of aromatic amines is 1. The Morgan fingerprint density at radius 1 is 0.982 bits per heavy atom. The molecule has 3 aliphatic heterocycles. The molecule has 3 fully saturated rings. The standard InChI is InChI=1S/C30H41FN10O11P2S2/c1-2-3-4-5-6-7-8-9-17(42)50-22-16-11-47-53(44,55)51-21-15(48-28(18(21)31)40-13-36-19-24(32)34-12-35-25(19)40)10-46-54(45,56)52-23(22)29(49-16)41-14-37-20-26(41)38-30(33)39-27(20)43/h12-16,18,21-23,28-29H,2-11H2,1H3,(H,44,55)(H,45,56)(H2,32,34,35)(H3,33,38,39,43)/t15-,16-,18-,21-,22?,23-,28-,29-,53?,54?/m1/s1. The highest BCUT2D eigenvalue weighted by Gasteiger charge is 2.55. The number of aromatic nitrogens is 8. The highest BCUT2D eigenvalue weighted by Crippen LogP contribution is 2.58. The Hall–Kier alpha value is -3.15. The average molecular weight is 863 g/mol. The van der Waals surface area contributed by atoms with Crippen molar-refractivity contribution in [1.82, 2.24) is 39.0 Å². The van der Waals surface area contributed by atoms with Gasteiger partial charge in [0, 0.05) is 6.42 Å². The minimum Gasteiger partial charge on any atom is -0.456 e. The smallest absolute Gasteiger partial charge is 0.386 e. The zero-order valence-corrected chi connectivity index (χ0v) is 33.4. The summed E-state index contributed by atoms with van der Waals surface area (Å²) in [5.74, 6) is -0.823. The van der Waals surface area contributed by atoms with E-state index in [2.05, 4.69) is 49.1 Å². The summed E-state index contributed by atoms with van der Waals surface area (Å²) in [5, 5.41) is 0. The molecule has 0 amide bonds. The number of H-pyrrole nitrogens is 1. The number of esters is 1. The molecule has 10 atom stereocenters. The minimum atomic E-state index is -4.50. The molecule has 0 aliphatic carbocycles. The highest BCUT2D eigenvalue weighted by atomic mass is 32.7. The van der Waals surface area contributed by atoms with Crippen LogP contribution >= 0.6 is 25.8 Å². The molecule has 306 valence electrons. The van der Waals surface area contributed by atoms with Crippen LogP contribution in [0.5, 0.6) is 0 Å². The SMILES string of the molecule is CCCCCCCCCC(=O)OC1[C@H]2OP(O)(=S)OC[C@H]3O[C@@H](n4cnc5c(N)ncnc54)[C@H](F)[C@@H]3OP(=O)(S)OC[C@H]1O[C@H]2n1cnc2c(=O)[nH]c(N)nc21. The second kappa shape index (κ2) is 17.0. The van der Waals surface area contributed by atoms with E-state index in [0.717, 1.165) is 38.5 Å². The Kier molecular flexibility index (Phi) is 12.4. The van der Waals surface area contributed by atoms with Crippen LogP contribution in [-0.4, -0.2) is 99.8 Å². The molecule has 56 heavy (non-hydrogen) atoms. The number of nitrogen functional groups attached to an aromatic ring is 2. The number of carbonyl (C=O) groups is 1. The fourth-order valence-corrected chi connectivity index (χ4v) is 9.72. The number of carbonyl (C=O) groups excluding carboxylic acids is 1. The van der Waals surface area contributed by atoms with E-state index < -0.39 is 87.4 Å². The first kappa shape index (κ1) is 41.0.